The van der Waals surface area contributed by atoms with Crippen LogP contribution < -0.4 is 16.4 Å². The summed E-state index contributed by atoms with van der Waals surface area (Å²) in [4.78, 5) is 65.9. The summed E-state index contributed by atoms with van der Waals surface area (Å²) >= 11 is 0. The Balaban J connectivity index is 1.76. The van der Waals surface area contributed by atoms with Crippen LogP contribution in [-0.4, -0.2) is 131 Å². The number of aliphatic hydroxyl groups is 1. The van der Waals surface area contributed by atoms with Crippen LogP contribution in [0.15, 0.2) is 42.6 Å². The van der Waals surface area contributed by atoms with Crippen molar-refractivity contribution in [1.29, 1.82) is 0 Å². The third-order valence-electron chi connectivity index (χ3n) is 12.3. The number of nitrogen functional groups attached to an aromatic ring is 1. The highest BCUT2D eigenvalue weighted by Crippen LogP contribution is 2.30. The molecule has 59 heavy (non-hydrogen) atoms. The number of carbonyl (C=O) groups is 4. The minimum absolute atomic E-state index is 0.0205. The van der Waals surface area contributed by atoms with Crippen LogP contribution in [0, 0.1) is 23.7 Å². The van der Waals surface area contributed by atoms with Crippen molar-refractivity contribution in [2.45, 2.75) is 148 Å². The molecule has 0 spiro atoms. The summed E-state index contributed by atoms with van der Waals surface area (Å²) in [6, 6.07) is 1.21. The van der Waals surface area contributed by atoms with E-state index in [2.05, 4.69) is 15.6 Å². The van der Waals surface area contributed by atoms with E-state index in [-0.39, 0.29) is 59.9 Å². The second-order valence-electron chi connectivity index (χ2n) is 17.7. The van der Waals surface area contributed by atoms with Crippen LogP contribution in [0.5, 0.6) is 0 Å². The largest absolute Gasteiger partial charge is 0.385 e. The van der Waals surface area contributed by atoms with E-state index in [1.54, 1.807) is 44.5 Å². The van der Waals surface area contributed by atoms with Gasteiger partial charge in [0.05, 0.1) is 48.3 Å². The summed E-state index contributed by atoms with van der Waals surface area (Å²) < 4.78 is 12.0. The van der Waals surface area contributed by atoms with E-state index in [0.717, 1.165) is 18.4 Å². The molecule has 2 aliphatic rings. The number of likely N-dealkylation sites (tertiary alicyclic amines) is 1. The summed E-state index contributed by atoms with van der Waals surface area (Å²) in [7, 11) is 6.75. The van der Waals surface area contributed by atoms with E-state index in [1.807, 2.05) is 96.5 Å². The summed E-state index contributed by atoms with van der Waals surface area (Å²) in [5.41, 5.74) is 5.82. The normalized spacial score (nSPS) is 22.1. The molecular formula is C45H75N7O7. The van der Waals surface area contributed by atoms with Gasteiger partial charge in [0.15, 0.2) is 0 Å². The van der Waals surface area contributed by atoms with E-state index in [1.165, 1.54) is 0 Å². The van der Waals surface area contributed by atoms with Gasteiger partial charge in [0, 0.05) is 46.6 Å². The molecule has 3 rings (SSSR count). The minimum atomic E-state index is -1.02. The Morgan fingerprint density at radius 3 is 2.27 bits per heavy atom. The minimum Gasteiger partial charge on any atom is -0.385 e. The predicted octanol–water partition coefficient (Wildman–Crippen LogP) is 4.32. The number of amides is 4. The molecule has 5 N–H and O–H groups in total. The molecule has 1 aromatic rings. The highest BCUT2D eigenvalue weighted by molar-refractivity contribution is 5.90. The second kappa shape index (κ2) is 22.7. The standard InChI is InChI=1S/C45H75N7O7/c1-13-30(6)40(51(10)44(56)38(28(2)3)49-43(55)39(29(4)5)50(9)27-33-19-22-47-36(46)24-33)35(58-11)25-37(53)52-23-17-18-34(52)41(59-12)32(8)42(54)48-31(7)26-45(57)20-15-14-16-21-45/h14-16,19-20,22,24,28-32,34-35,38-41,57H,13,17-18,21,23,25-27H2,1-12H3,(H2,46,47)(H,48,54)(H,49,55)/t30-,31+,32+,34-,35+,38-,39-,40-,41+,45-/m0/s1. The van der Waals surface area contributed by atoms with Crippen molar-refractivity contribution in [2.24, 2.45) is 23.7 Å². The molecule has 14 heteroatoms. The zero-order chi connectivity index (χ0) is 44.2. The van der Waals surface area contributed by atoms with Crippen LogP contribution in [0.2, 0.25) is 0 Å². The Kier molecular flexibility index (Phi) is 19.0. The highest BCUT2D eigenvalue weighted by Gasteiger charge is 2.43. The number of anilines is 1. The maximum atomic E-state index is 14.5. The molecule has 332 valence electrons. The first kappa shape index (κ1) is 49.5. The fraction of sp³-hybridized carbons (Fsp3) is 0.711. The van der Waals surface area contributed by atoms with Crippen molar-refractivity contribution in [1.82, 2.24) is 30.3 Å². The van der Waals surface area contributed by atoms with E-state index in [0.29, 0.717) is 38.2 Å². The third-order valence-corrected chi connectivity index (χ3v) is 12.3. The Morgan fingerprint density at radius 1 is 1.02 bits per heavy atom. The van der Waals surface area contributed by atoms with Crippen molar-refractivity contribution in [3.63, 3.8) is 0 Å². The summed E-state index contributed by atoms with van der Waals surface area (Å²) in [6.45, 7) is 16.6. The fourth-order valence-corrected chi connectivity index (χ4v) is 9.03. The van der Waals surface area contributed by atoms with Crippen molar-refractivity contribution < 1.29 is 33.8 Å². The van der Waals surface area contributed by atoms with Crippen molar-refractivity contribution in [3.8, 4) is 0 Å². The molecule has 1 aromatic heterocycles. The molecule has 1 saturated heterocycles. The van der Waals surface area contributed by atoms with E-state index in [9.17, 15) is 24.3 Å². The van der Waals surface area contributed by atoms with Crippen LogP contribution in [-0.2, 0) is 35.2 Å². The number of methoxy groups -OCH3 is 2. The molecule has 0 bridgehead atoms. The number of aromatic nitrogens is 1. The number of likely N-dealkylation sites (N-methyl/N-ethyl adjacent to an activating group) is 2. The maximum Gasteiger partial charge on any atom is 0.245 e. The molecule has 0 radical (unpaired) electrons. The van der Waals surface area contributed by atoms with Crippen molar-refractivity contribution in [3.05, 3.63) is 48.2 Å². The van der Waals surface area contributed by atoms with Gasteiger partial charge >= 0.3 is 0 Å². The number of ether oxygens (including phenoxy) is 2. The molecular weight excluding hydrogens is 751 g/mol. The number of hydrogen-bond acceptors (Lipinski definition) is 10. The number of pyridine rings is 1. The van der Waals surface area contributed by atoms with E-state index >= 15 is 0 Å². The number of nitrogens with two attached hydrogens (primary N) is 1. The van der Waals surface area contributed by atoms with Gasteiger partial charge in [0.1, 0.15) is 11.9 Å². The molecule has 2 heterocycles. The number of hydrogen-bond donors (Lipinski definition) is 4. The van der Waals surface area contributed by atoms with Crippen molar-refractivity contribution >= 4 is 29.4 Å². The number of carbonyl (C=O) groups excluding carboxylic acids is 4. The molecule has 0 unspecified atom stereocenters. The lowest BCUT2D eigenvalue weighted by molar-refractivity contribution is -0.148. The summed E-state index contributed by atoms with van der Waals surface area (Å²) in [5, 5.41) is 17.1. The third kappa shape index (κ3) is 13.3. The van der Waals surface area contributed by atoms with Gasteiger partial charge in [-0.25, -0.2) is 4.98 Å². The smallest absolute Gasteiger partial charge is 0.245 e. The van der Waals surface area contributed by atoms with Crippen LogP contribution >= 0.6 is 0 Å². The monoisotopic (exact) mass is 826 g/mol. The van der Waals surface area contributed by atoms with Crippen molar-refractivity contribution in [2.75, 3.05) is 40.6 Å². The lowest BCUT2D eigenvalue weighted by Crippen LogP contribution is -2.60. The molecule has 10 atom stereocenters. The van der Waals surface area contributed by atoms with Crippen LogP contribution in [0.3, 0.4) is 0 Å². The van der Waals surface area contributed by atoms with Gasteiger partial charge in [-0.3, -0.25) is 24.1 Å². The number of allylic oxidation sites excluding steroid dienone is 2. The average molecular weight is 826 g/mol. The summed E-state index contributed by atoms with van der Waals surface area (Å²) in [5.74, 6) is -1.32. The Hall–Kier alpha value is -3.85. The van der Waals surface area contributed by atoms with Crippen LogP contribution in [0.1, 0.15) is 99.5 Å². The second-order valence-corrected chi connectivity index (χ2v) is 17.7. The zero-order valence-corrected chi connectivity index (χ0v) is 37.8. The number of nitrogens with zero attached hydrogens (tertiary/aromatic N) is 4. The predicted molar refractivity (Wildman–Crippen MR) is 232 cm³/mol. The molecule has 14 nitrogen and oxygen atoms in total. The molecule has 0 aromatic carbocycles. The first-order valence-electron chi connectivity index (χ1n) is 21.5. The van der Waals surface area contributed by atoms with E-state index < -0.39 is 41.9 Å². The average Bonchev–Trinajstić information content (AvgIpc) is 3.66. The Labute approximate surface area is 353 Å². The van der Waals surface area contributed by atoms with Gasteiger partial charge in [0.25, 0.3) is 0 Å². The van der Waals surface area contributed by atoms with Gasteiger partial charge in [-0.05, 0) is 75.1 Å². The highest BCUT2D eigenvalue weighted by atomic mass is 16.5. The molecule has 1 aliphatic carbocycles. The van der Waals surface area contributed by atoms with Gasteiger partial charge in [-0.1, -0.05) is 79.2 Å². The first-order chi connectivity index (χ1) is 27.8. The first-order valence-corrected chi connectivity index (χ1v) is 21.5. The van der Waals surface area contributed by atoms with Gasteiger partial charge in [0.2, 0.25) is 23.6 Å². The topological polar surface area (TPSA) is 180 Å². The number of nitrogens with one attached hydrogen (secondary N) is 2. The maximum absolute atomic E-state index is 14.5. The number of rotatable bonds is 22. The van der Waals surface area contributed by atoms with Gasteiger partial charge in [-0.15, -0.1) is 0 Å². The quantitative estimate of drug-likeness (QED) is 0.132. The summed E-state index contributed by atoms with van der Waals surface area (Å²) in [6.07, 6.45) is 10.9. The lowest BCUT2D eigenvalue weighted by Gasteiger charge is -2.41. The Bertz CT molecular complexity index is 1600. The molecule has 4 amide bonds. The molecule has 0 saturated carbocycles. The van der Waals surface area contributed by atoms with Crippen LogP contribution in [0.4, 0.5) is 5.82 Å². The van der Waals surface area contributed by atoms with Gasteiger partial charge < -0.3 is 40.7 Å². The molecule has 1 aliphatic heterocycles. The van der Waals surface area contributed by atoms with E-state index in [4.69, 9.17) is 15.2 Å². The SMILES string of the molecule is CC[C@H](C)[C@@H]([C@@H](CC(=O)N1CCC[C@H]1[C@H](OC)[C@@H](C)C(=O)N[C@H](C)C[C@]1(O)C=CC=CC1)OC)N(C)C(=O)[C@@H](NC(=O)[C@H](C(C)C)N(C)Cc1ccnc(N)c1)C(C)C. The molecule has 1 fully saturated rings. The lowest BCUT2D eigenvalue weighted by atomic mass is 9.88. The fourth-order valence-electron chi connectivity index (χ4n) is 9.03. The Morgan fingerprint density at radius 2 is 1.71 bits per heavy atom. The van der Waals surface area contributed by atoms with Crippen LogP contribution in [0.25, 0.3) is 0 Å². The van der Waals surface area contributed by atoms with Gasteiger partial charge in [-0.2, -0.15) is 0 Å². The zero-order valence-electron chi connectivity index (χ0n) is 37.8.